The lowest BCUT2D eigenvalue weighted by atomic mass is 10.00. The number of ketones is 1. The third-order valence-corrected chi connectivity index (χ3v) is 5.86. The molecule has 3 heterocycles. The monoisotopic (exact) mass is 450 g/mol. The van der Waals surface area contributed by atoms with Crippen molar-refractivity contribution in [1.82, 2.24) is 24.3 Å². The lowest BCUT2D eigenvalue weighted by Crippen LogP contribution is -2.05. The Morgan fingerprint density at radius 1 is 0.971 bits per heavy atom. The highest BCUT2D eigenvalue weighted by Gasteiger charge is 2.15. The molecular weight excluding hydrogens is 424 g/mol. The van der Waals surface area contributed by atoms with E-state index in [2.05, 4.69) is 10.4 Å². The summed E-state index contributed by atoms with van der Waals surface area (Å²) in [5.74, 6) is 2.25. The first kappa shape index (κ1) is 21.6. The lowest BCUT2D eigenvalue weighted by Gasteiger charge is -2.11. The zero-order chi connectivity index (χ0) is 23.8. The van der Waals surface area contributed by atoms with Crippen LogP contribution in [0.5, 0.6) is 0 Å². The molecule has 7 heteroatoms. The molecule has 0 aliphatic rings. The zero-order valence-electron chi connectivity index (χ0n) is 19.7. The maximum absolute atomic E-state index is 12.8. The minimum atomic E-state index is 0.0919. The molecule has 0 spiro atoms. The van der Waals surface area contributed by atoms with Crippen molar-refractivity contribution < 1.29 is 4.79 Å². The van der Waals surface area contributed by atoms with Gasteiger partial charge in [0, 0.05) is 43.9 Å². The standard InChI is InChI=1S/C27H26N6O/c1-17-7-5-9-20(13-17)23(34)16-19-8-6-10-21(15-19)26-28-22-11-12-32(3)25(22)27(30-26)29-24-14-18(2)31-33(24)4/h5-15H,16H2,1-4H3,(H,28,29,30). The molecule has 0 amide bonds. The second-order valence-electron chi connectivity index (χ2n) is 8.65. The van der Waals surface area contributed by atoms with Gasteiger partial charge >= 0.3 is 0 Å². The van der Waals surface area contributed by atoms with Gasteiger partial charge in [-0.15, -0.1) is 0 Å². The van der Waals surface area contributed by atoms with Crippen LogP contribution in [0.1, 0.15) is 27.2 Å². The van der Waals surface area contributed by atoms with E-state index >= 15 is 0 Å². The maximum atomic E-state index is 12.8. The molecule has 0 unspecified atom stereocenters. The second kappa shape index (κ2) is 8.59. The first-order valence-corrected chi connectivity index (χ1v) is 11.2. The van der Waals surface area contributed by atoms with Gasteiger partial charge in [0.1, 0.15) is 11.3 Å². The van der Waals surface area contributed by atoms with Crippen LogP contribution in [0.4, 0.5) is 11.6 Å². The number of hydrogen-bond acceptors (Lipinski definition) is 5. The summed E-state index contributed by atoms with van der Waals surface area (Å²) in [6, 6.07) is 19.5. The molecule has 0 atom stereocenters. The van der Waals surface area contributed by atoms with E-state index in [4.69, 9.17) is 9.97 Å². The van der Waals surface area contributed by atoms with E-state index in [0.717, 1.165) is 44.8 Å². The molecule has 170 valence electrons. The van der Waals surface area contributed by atoms with Gasteiger partial charge < -0.3 is 9.88 Å². The van der Waals surface area contributed by atoms with Crippen molar-refractivity contribution in [3.63, 3.8) is 0 Å². The van der Waals surface area contributed by atoms with Crippen molar-refractivity contribution >= 4 is 28.5 Å². The molecule has 0 saturated carbocycles. The number of anilines is 2. The van der Waals surface area contributed by atoms with E-state index in [1.54, 1.807) is 4.68 Å². The lowest BCUT2D eigenvalue weighted by molar-refractivity contribution is 0.0993. The molecule has 7 nitrogen and oxygen atoms in total. The highest BCUT2D eigenvalue weighted by molar-refractivity contribution is 5.97. The third-order valence-electron chi connectivity index (χ3n) is 5.86. The highest BCUT2D eigenvalue weighted by Crippen LogP contribution is 2.28. The largest absolute Gasteiger partial charge is 0.346 e. The number of fused-ring (bicyclic) bond motifs is 1. The Morgan fingerprint density at radius 3 is 2.56 bits per heavy atom. The topological polar surface area (TPSA) is 77.6 Å². The molecule has 5 rings (SSSR count). The Hall–Kier alpha value is -4.26. The Balaban J connectivity index is 1.51. The smallest absolute Gasteiger partial charge is 0.167 e. The van der Waals surface area contributed by atoms with E-state index in [9.17, 15) is 4.79 Å². The summed E-state index contributed by atoms with van der Waals surface area (Å²) < 4.78 is 3.80. The molecule has 0 radical (unpaired) electrons. The van der Waals surface area contributed by atoms with Gasteiger partial charge in [0.2, 0.25) is 0 Å². The summed E-state index contributed by atoms with van der Waals surface area (Å²) in [4.78, 5) is 22.5. The molecule has 0 aliphatic heterocycles. The average Bonchev–Trinajstić information content (AvgIpc) is 3.34. The van der Waals surface area contributed by atoms with Gasteiger partial charge in [-0.3, -0.25) is 9.48 Å². The number of benzene rings is 2. The number of Topliss-reactive ketones (excluding diaryl/α,β-unsaturated/α-hetero) is 1. The van der Waals surface area contributed by atoms with Gasteiger partial charge in [-0.1, -0.05) is 42.0 Å². The minimum Gasteiger partial charge on any atom is -0.346 e. The number of hydrogen-bond donors (Lipinski definition) is 1. The number of aryl methyl sites for hydroxylation is 4. The molecule has 5 aromatic rings. The van der Waals surface area contributed by atoms with Crippen molar-refractivity contribution in [2.24, 2.45) is 14.1 Å². The number of nitrogens with one attached hydrogen (secondary N) is 1. The predicted molar refractivity (Wildman–Crippen MR) is 134 cm³/mol. The molecule has 0 fully saturated rings. The summed E-state index contributed by atoms with van der Waals surface area (Å²) in [5.41, 5.74) is 6.28. The number of carbonyl (C=O) groups excluding carboxylic acids is 1. The summed E-state index contributed by atoms with van der Waals surface area (Å²) in [5, 5.41) is 7.84. The Kier molecular flexibility index (Phi) is 5.45. The first-order valence-electron chi connectivity index (χ1n) is 11.2. The van der Waals surface area contributed by atoms with Crippen LogP contribution in [0.15, 0.2) is 66.9 Å². The van der Waals surface area contributed by atoms with Gasteiger partial charge in [0.05, 0.1) is 11.2 Å². The Labute approximate surface area is 198 Å². The van der Waals surface area contributed by atoms with Crippen LogP contribution in [0.25, 0.3) is 22.4 Å². The van der Waals surface area contributed by atoms with Crippen LogP contribution in [0.3, 0.4) is 0 Å². The fraction of sp³-hybridized carbons (Fsp3) is 0.185. The number of rotatable bonds is 6. The molecular formula is C27H26N6O. The summed E-state index contributed by atoms with van der Waals surface area (Å²) >= 11 is 0. The van der Waals surface area contributed by atoms with E-state index in [1.165, 1.54) is 0 Å². The molecule has 3 aromatic heterocycles. The Morgan fingerprint density at radius 2 is 1.79 bits per heavy atom. The van der Waals surface area contributed by atoms with Gasteiger partial charge in [-0.2, -0.15) is 5.10 Å². The fourth-order valence-electron chi connectivity index (χ4n) is 4.18. The van der Waals surface area contributed by atoms with Crippen LogP contribution in [0.2, 0.25) is 0 Å². The number of carbonyl (C=O) groups is 1. The van der Waals surface area contributed by atoms with Crippen molar-refractivity contribution in [2.75, 3.05) is 5.32 Å². The number of aromatic nitrogens is 5. The van der Waals surface area contributed by atoms with Crippen LogP contribution in [-0.2, 0) is 20.5 Å². The van der Waals surface area contributed by atoms with Crippen LogP contribution < -0.4 is 5.32 Å². The first-order chi connectivity index (χ1) is 16.4. The molecule has 0 saturated heterocycles. The molecule has 0 bridgehead atoms. The van der Waals surface area contributed by atoms with Crippen LogP contribution in [-0.4, -0.2) is 30.1 Å². The summed E-state index contributed by atoms with van der Waals surface area (Å²) in [6.45, 7) is 3.95. The van der Waals surface area contributed by atoms with E-state index < -0.39 is 0 Å². The van der Waals surface area contributed by atoms with E-state index in [0.29, 0.717) is 18.1 Å². The minimum absolute atomic E-state index is 0.0919. The van der Waals surface area contributed by atoms with Crippen molar-refractivity contribution in [1.29, 1.82) is 0 Å². The van der Waals surface area contributed by atoms with Crippen molar-refractivity contribution in [2.45, 2.75) is 20.3 Å². The molecule has 2 aromatic carbocycles. The van der Waals surface area contributed by atoms with E-state index in [-0.39, 0.29) is 5.78 Å². The number of nitrogens with zero attached hydrogens (tertiary/aromatic N) is 5. The van der Waals surface area contributed by atoms with Gasteiger partial charge in [0.15, 0.2) is 17.4 Å². The van der Waals surface area contributed by atoms with Crippen molar-refractivity contribution in [3.05, 3.63) is 89.2 Å². The normalized spacial score (nSPS) is 11.2. The zero-order valence-corrected chi connectivity index (χ0v) is 19.7. The third kappa shape index (κ3) is 4.20. The van der Waals surface area contributed by atoms with Crippen LogP contribution in [0, 0.1) is 13.8 Å². The second-order valence-corrected chi connectivity index (χ2v) is 8.65. The van der Waals surface area contributed by atoms with Gasteiger partial charge in [0.25, 0.3) is 0 Å². The maximum Gasteiger partial charge on any atom is 0.167 e. The quantitative estimate of drug-likeness (QED) is 0.362. The van der Waals surface area contributed by atoms with E-state index in [1.807, 2.05) is 99.4 Å². The van der Waals surface area contributed by atoms with Crippen molar-refractivity contribution in [3.8, 4) is 11.4 Å². The SMILES string of the molecule is Cc1cccc(C(=O)Cc2cccc(-c3nc(Nc4cc(C)nn4C)c4c(ccn4C)n3)c2)c1. The van der Waals surface area contributed by atoms with Crippen LogP contribution >= 0.6 is 0 Å². The predicted octanol–water partition coefficient (Wildman–Crippen LogP) is 5.15. The summed E-state index contributed by atoms with van der Waals surface area (Å²) in [6.07, 6.45) is 2.30. The molecule has 34 heavy (non-hydrogen) atoms. The van der Waals surface area contributed by atoms with Gasteiger partial charge in [-0.05, 0) is 37.6 Å². The highest BCUT2D eigenvalue weighted by atomic mass is 16.1. The fourth-order valence-corrected chi connectivity index (χ4v) is 4.18. The molecule has 1 N–H and O–H groups in total. The Bertz CT molecular complexity index is 1530. The molecule has 0 aliphatic carbocycles. The average molecular weight is 451 g/mol. The van der Waals surface area contributed by atoms with Gasteiger partial charge in [-0.25, -0.2) is 9.97 Å². The summed E-state index contributed by atoms with van der Waals surface area (Å²) in [7, 11) is 3.87.